The number of benzene rings is 1. The molecule has 0 unspecified atom stereocenters. The van der Waals surface area contributed by atoms with Crippen molar-refractivity contribution in [3.05, 3.63) is 27.7 Å². The highest BCUT2D eigenvalue weighted by Gasteiger charge is 2.34. The smallest absolute Gasteiger partial charge is 0.143 e. The summed E-state index contributed by atoms with van der Waals surface area (Å²) in [5, 5.41) is 0. The Kier molecular flexibility index (Phi) is 3.89. The van der Waals surface area contributed by atoms with E-state index in [-0.39, 0.29) is 5.41 Å². The number of Topliss-reactive ketones (excluding diaryl/α,β-unsaturated/α-hetero) is 1. The fraction of sp³-hybridized carbons (Fsp3) is 0.588. The quantitative estimate of drug-likeness (QED) is 0.814. The molecule has 2 nitrogen and oxygen atoms in total. The van der Waals surface area contributed by atoms with Crippen LogP contribution in [0.25, 0.3) is 0 Å². The van der Waals surface area contributed by atoms with E-state index in [0.29, 0.717) is 12.2 Å². The number of hydrogen-bond donors (Lipinski definition) is 0. The van der Waals surface area contributed by atoms with Crippen LogP contribution in [0.4, 0.5) is 0 Å². The van der Waals surface area contributed by atoms with Gasteiger partial charge in [-0.15, -0.1) is 0 Å². The standard InChI is InChI=1S/C17H21BrO2/c1-17(6-3-2-4-7-17)15(19)11-13-10-14(18)9-12-5-8-20-16(12)13/h9-10H,2-8,11H2,1H3. The third-order valence-electron chi connectivity index (χ3n) is 4.81. The van der Waals surface area contributed by atoms with Gasteiger partial charge in [0.25, 0.3) is 0 Å². The summed E-state index contributed by atoms with van der Waals surface area (Å²) in [4.78, 5) is 12.7. The van der Waals surface area contributed by atoms with Crippen molar-refractivity contribution in [1.82, 2.24) is 0 Å². The molecule has 1 aromatic rings. The van der Waals surface area contributed by atoms with Crippen LogP contribution >= 0.6 is 15.9 Å². The van der Waals surface area contributed by atoms with Crippen molar-refractivity contribution in [3.63, 3.8) is 0 Å². The zero-order valence-electron chi connectivity index (χ0n) is 12.0. The minimum absolute atomic E-state index is 0.119. The second-order valence-electron chi connectivity index (χ2n) is 6.37. The zero-order chi connectivity index (χ0) is 14.2. The largest absolute Gasteiger partial charge is 0.493 e. The fourth-order valence-corrected chi connectivity index (χ4v) is 4.03. The van der Waals surface area contributed by atoms with E-state index in [1.165, 1.54) is 24.8 Å². The van der Waals surface area contributed by atoms with Crippen LogP contribution in [-0.2, 0) is 17.6 Å². The number of halogens is 1. The van der Waals surface area contributed by atoms with Crippen LogP contribution in [0.2, 0.25) is 0 Å². The summed E-state index contributed by atoms with van der Waals surface area (Å²) in [6.07, 6.45) is 7.21. The van der Waals surface area contributed by atoms with E-state index in [9.17, 15) is 4.79 Å². The molecular formula is C17H21BrO2. The second-order valence-corrected chi connectivity index (χ2v) is 7.29. The van der Waals surface area contributed by atoms with E-state index in [2.05, 4.69) is 28.9 Å². The molecular weight excluding hydrogens is 316 g/mol. The predicted octanol–water partition coefficient (Wildman–Crippen LogP) is 4.47. The Labute approximate surface area is 129 Å². The molecule has 1 aliphatic carbocycles. The molecule has 2 aliphatic rings. The average molecular weight is 337 g/mol. The number of carbonyl (C=O) groups excluding carboxylic acids is 1. The van der Waals surface area contributed by atoms with Gasteiger partial charge in [0.15, 0.2) is 0 Å². The molecule has 1 saturated carbocycles. The zero-order valence-corrected chi connectivity index (χ0v) is 13.6. The van der Waals surface area contributed by atoms with Gasteiger partial charge in [0.1, 0.15) is 11.5 Å². The molecule has 0 radical (unpaired) electrons. The first kappa shape index (κ1) is 14.1. The van der Waals surface area contributed by atoms with Crippen molar-refractivity contribution in [2.45, 2.75) is 51.9 Å². The highest BCUT2D eigenvalue weighted by Crippen LogP contribution is 2.39. The first-order valence-electron chi connectivity index (χ1n) is 7.56. The Balaban J connectivity index is 1.83. The van der Waals surface area contributed by atoms with Gasteiger partial charge in [-0.3, -0.25) is 4.79 Å². The third-order valence-corrected chi connectivity index (χ3v) is 5.26. The van der Waals surface area contributed by atoms with Crippen LogP contribution in [0.1, 0.15) is 50.2 Å². The minimum Gasteiger partial charge on any atom is -0.493 e. The first-order valence-corrected chi connectivity index (χ1v) is 8.35. The van der Waals surface area contributed by atoms with Gasteiger partial charge in [-0.05, 0) is 30.5 Å². The molecule has 1 aliphatic heterocycles. The van der Waals surface area contributed by atoms with Gasteiger partial charge >= 0.3 is 0 Å². The fourth-order valence-electron chi connectivity index (χ4n) is 3.47. The van der Waals surface area contributed by atoms with Crippen LogP contribution in [0.15, 0.2) is 16.6 Å². The molecule has 3 rings (SSSR count). The maximum Gasteiger partial charge on any atom is 0.143 e. The predicted molar refractivity (Wildman–Crippen MR) is 83.2 cm³/mol. The molecule has 20 heavy (non-hydrogen) atoms. The lowest BCUT2D eigenvalue weighted by Gasteiger charge is -2.32. The summed E-state index contributed by atoms with van der Waals surface area (Å²) >= 11 is 3.55. The van der Waals surface area contributed by atoms with Crippen molar-refractivity contribution >= 4 is 21.7 Å². The Morgan fingerprint density at radius 2 is 2.05 bits per heavy atom. The SMILES string of the molecule is CC1(C(=O)Cc2cc(Br)cc3c2OCC3)CCCCC1. The molecule has 0 aromatic heterocycles. The number of ketones is 1. The number of rotatable bonds is 3. The van der Waals surface area contributed by atoms with Crippen LogP contribution in [0.3, 0.4) is 0 Å². The van der Waals surface area contributed by atoms with E-state index < -0.39 is 0 Å². The molecule has 0 atom stereocenters. The van der Waals surface area contributed by atoms with E-state index in [0.717, 1.165) is 41.7 Å². The van der Waals surface area contributed by atoms with E-state index in [1.807, 2.05) is 6.07 Å². The Morgan fingerprint density at radius 1 is 1.30 bits per heavy atom. The van der Waals surface area contributed by atoms with Crippen LogP contribution in [0.5, 0.6) is 5.75 Å². The lowest BCUT2D eigenvalue weighted by atomic mass is 9.71. The topological polar surface area (TPSA) is 26.3 Å². The number of fused-ring (bicyclic) bond motifs is 1. The van der Waals surface area contributed by atoms with Crippen LogP contribution < -0.4 is 4.74 Å². The van der Waals surface area contributed by atoms with Crippen molar-refractivity contribution in [2.75, 3.05) is 6.61 Å². The van der Waals surface area contributed by atoms with Gasteiger partial charge in [-0.1, -0.05) is 42.1 Å². The van der Waals surface area contributed by atoms with Gasteiger partial charge in [0.2, 0.25) is 0 Å². The molecule has 1 aromatic carbocycles. The molecule has 108 valence electrons. The van der Waals surface area contributed by atoms with Crippen LogP contribution in [0, 0.1) is 5.41 Å². The molecule has 0 bridgehead atoms. The lowest BCUT2D eigenvalue weighted by Crippen LogP contribution is -2.31. The van der Waals surface area contributed by atoms with E-state index in [1.54, 1.807) is 0 Å². The van der Waals surface area contributed by atoms with Crippen LogP contribution in [-0.4, -0.2) is 12.4 Å². The lowest BCUT2D eigenvalue weighted by molar-refractivity contribution is -0.128. The van der Waals surface area contributed by atoms with Gasteiger partial charge in [0.05, 0.1) is 6.61 Å². The first-order chi connectivity index (χ1) is 9.58. The molecule has 1 heterocycles. The molecule has 0 saturated heterocycles. The summed E-state index contributed by atoms with van der Waals surface area (Å²) in [5.41, 5.74) is 2.17. The molecule has 1 fully saturated rings. The molecule has 0 amide bonds. The monoisotopic (exact) mass is 336 g/mol. The van der Waals surface area contributed by atoms with Gasteiger partial charge in [0, 0.05) is 28.3 Å². The third kappa shape index (κ3) is 2.65. The van der Waals surface area contributed by atoms with Gasteiger partial charge in [-0.25, -0.2) is 0 Å². The van der Waals surface area contributed by atoms with Gasteiger partial charge < -0.3 is 4.74 Å². The average Bonchev–Trinajstić information content (AvgIpc) is 2.87. The second kappa shape index (κ2) is 5.51. The highest BCUT2D eigenvalue weighted by atomic mass is 79.9. The van der Waals surface area contributed by atoms with Crippen molar-refractivity contribution < 1.29 is 9.53 Å². The minimum atomic E-state index is -0.119. The van der Waals surface area contributed by atoms with Crippen molar-refractivity contribution in [3.8, 4) is 5.75 Å². The van der Waals surface area contributed by atoms with Crippen molar-refractivity contribution in [2.24, 2.45) is 5.41 Å². The number of carbonyl (C=O) groups is 1. The summed E-state index contributed by atoms with van der Waals surface area (Å²) in [5.74, 6) is 1.34. The molecule has 0 spiro atoms. The highest BCUT2D eigenvalue weighted by molar-refractivity contribution is 9.10. The van der Waals surface area contributed by atoms with Gasteiger partial charge in [-0.2, -0.15) is 0 Å². The summed E-state index contributed by atoms with van der Waals surface area (Å²) in [6.45, 7) is 2.89. The Hall–Kier alpha value is -0.830. The molecule has 3 heteroatoms. The number of hydrogen-bond acceptors (Lipinski definition) is 2. The summed E-state index contributed by atoms with van der Waals surface area (Å²) in [6, 6.07) is 4.16. The molecule has 0 N–H and O–H groups in total. The number of ether oxygens (including phenoxy) is 1. The van der Waals surface area contributed by atoms with E-state index >= 15 is 0 Å². The summed E-state index contributed by atoms with van der Waals surface area (Å²) < 4.78 is 6.79. The van der Waals surface area contributed by atoms with Crippen molar-refractivity contribution in [1.29, 1.82) is 0 Å². The maximum atomic E-state index is 12.7. The maximum absolute atomic E-state index is 12.7. The van der Waals surface area contributed by atoms with E-state index in [4.69, 9.17) is 4.74 Å². The summed E-state index contributed by atoms with van der Waals surface area (Å²) in [7, 11) is 0. The Morgan fingerprint density at radius 3 is 2.80 bits per heavy atom. The normalized spacial score (nSPS) is 20.3. The Bertz CT molecular complexity index is 530.